The molecule has 0 spiro atoms. The molecule has 156 valence electrons. The van der Waals surface area contributed by atoms with E-state index in [1.54, 1.807) is 42.5 Å². The molecule has 0 aromatic heterocycles. The van der Waals surface area contributed by atoms with Crippen molar-refractivity contribution in [1.82, 2.24) is 4.90 Å². The summed E-state index contributed by atoms with van der Waals surface area (Å²) in [7, 11) is 0. The Morgan fingerprint density at radius 1 is 1.00 bits per heavy atom. The number of para-hydroxylation sites is 1. The Morgan fingerprint density at radius 3 is 2.30 bits per heavy atom. The largest absolute Gasteiger partial charge is 0.367 e. The minimum absolute atomic E-state index is 0.131. The van der Waals surface area contributed by atoms with Crippen molar-refractivity contribution in [3.63, 3.8) is 0 Å². The topological polar surface area (TPSA) is 73.0 Å². The zero-order valence-corrected chi connectivity index (χ0v) is 16.7. The molecule has 2 heterocycles. The third-order valence-corrected chi connectivity index (χ3v) is 5.52. The fraction of sp³-hybridized carbons (Fsp3) is 0.318. The highest BCUT2D eigenvalue weighted by Crippen LogP contribution is 2.28. The Kier molecular flexibility index (Phi) is 5.50. The lowest BCUT2D eigenvalue weighted by atomic mass is 10.1. The number of hydrogen-bond donors (Lipinski definition) is 1. The van der Waals surface area contributed by atoms with Crippen molar-refractivity contribution in [1.29, 1.82) is 0 Å². The molecule has 2 saturated heterocycles. The van der Waals surface area contributed by atoms with E-state index in [4.69, 9.17) is 0 Å². The summed E-state index contributed by atoms with van der Waals surface area (Å²) in [6.07, 6.45) is 0.131. The van der Waals surface area contributed by atoms with E-state index in [1.165, 1.54) is 17.9 Å². The fourth-order valence-corrected chi connectivity index (χ4v) is 4.05. The minimum atomic E-state index is -0.504. The lowest BCUT2D eigenvalue weighted by molar-refractivity contribution is -0.123. The van der Waals surface area contributed by atoms with Crippen LogP contribution >= 0.6 is 0 Å². The van der Waals surface area contributed by atoms with Crippen LogP contribution < -0.4 is 15.1 Å². The fourth-order valence-electron chi connectivity index (χ4n) is 4.05. The second-order valence-electron chi connectivity index (χ2n) is 7.49. The molecule has 0 bridgehead atoms. The predicted molar refractivity (Wildman–Crippen MR) is 112 cm³/mol. The molecule has 2 aliphatic heterocycles. The number of anilines is 3. The van der Waals surface area contributed by atoms with E-state index < -0.39 is 6.04 Å². The zero-order chi connectivity index (χ0) is 21.3. The highest BCUT2D eigenvalue weighted by molar-refractivity contribution is 6.22. The van der Waals surface area contributed by atoms with Gasteiger partial charge < -0.3 is 10.2 Å². The van der Waals surface area contributed by atoms with Crippen LogP contribution in [0.25, 0.3) is 0 Å². The number of carbonyl (C=O) groups excluding carboxylic acids is 3. The van der Waals surface area contributed by atoms with Gasteiger partial charge in [0.2, 0.25) is 11.8 Å². The van der Waals surface area contributed by atoms with Crippen molar-refractivity contribution in [3.8, 4) is 0 Å². The minimum Gasteiger partial charge on any atom is -0.367 e. The van der Waals surface area contributed by atoms with Crippen LogP contribution in [-0.2, 0) is 14.4 Å². The first-order valence-corrected chi connectivity index (χ1v) is 9.92. The van der Waals surface area contributed by atoms with Crippen molar-refractivity contribution in [2.75, 3.05) is 41.3 Å². The number of nitrogens with one attached hydrogen (secondary N) is 1. The molecule has 0 aliphatic carbocycles. The molecular formula is C22H23FN4O3. The molecule has 2 fully saturated rings. The molecule has 2 aliphatic rings. The molecule has 1 N–H and O–H groups in total. The smallest absolute Gasteiger partial charge is 0.251 e. The SMILES string of the molecule is CC(=O)Nc1ccc(N2C(=O)C[C@@H](N3CCN(c4ccccc4F)CC3)C2=O)cc1. The van der Waals surface area contributed by atoms with Crippen LogP contribution in [0.5, 0.6) is 0 Å². The van der Waals surface area contributed by atoms with E-state index in [-0.39, 0.29) is 30.0 Å². The third-order valence-electron chi connectivity index (χ3n) is 5.52. The molecule has 2 aromatic carbocycles. The van der Waals surface area contributed by atoms with E-state index in [9.17, 15) is 18.8 Å². The summed E-state index contributed by atoms with van der Waals surface area (Å²) < 4.78 is 14.0. The van der Waals surface area contributed by atoms with Gasteiger partial charge in [0.1, 0.15) is 5.82 Å². The lowest BCUT2D eigenvalue weighted by Crippen LogP contribution is -2.52. The van der Waals surface area contributed by atoms with Crippen molar-refractivity contribution in [2.24, 2.45) is 0 Å². The van der Waals surface area contributed by atoms with E-state index >= 15 is 0 Å². The number of hydrogen-bond acceptors (Lipinski definition) is 5. The quantitative estimate of drug-likeness (QED) is 0.783. The molecule has 4 rings (SSSR count). The van der Waals surface area contributed by atoms with Crippen LogP contribution in [0.2, 0.25) is 0 Å². The molecule has 8 heteroatoms. The van der Waals surface area contributed by atoms with Gasteiger partial charge in [0.05, 0.1) is 23.8 Å². The molecule has 1 atom stereocenters. The molecular weight excluding hydrogens is 387 g/mol. The van der Waals surface area contributed by atoms with Crippen molar-refractivity contribution in [3.05, 3.63) is 54.3 Å². The Bertz CT molecular complexity index is 971. The molecule has 2 aromatic rings. The van der Waals surface area contributed by atoms with E-state index in [2.05, 4.69) is 5.32 Å². The van der Waals surface area contributed by atoms with Crippen molar-refractivity contribution < 1.29 is 18.8 Å². The number of amides is 3. The third kappa shape index (κ3) is 3.91. The number of benzene rings is 2. The maximum Gasteiger partial charge on any atom is 0.251 e. The van der Waals surface area contributed by atoms with Gasteiger partial charge in [-0.15, -0.1) is 0 Å². The summed E-state index contributed by atoms with van der Waals surface area (Å²) in [5, 5.41) is 2.66. The van der Waals surface area contributed by atoms with Crippen molar-refractivity contribution >= 4 is 34.8 Å². The summed E-state index contributed by atoms with van der Waals surface area (Å²) in [6.45, 7) is 3.74. The Labute approximate surface area is 174 Å². The average Bonchev–Trinajstić information content (AvgIpc) is 3.03. The molecule has 3 amide bonds. The molecule has 30 heavy (non-hydrogen) atoms. The molecule has 0 saturated carbocycles. The van der Waals surface area contributed by atoms with Crippen LogP contribution in [0.4, 0.5) is 21.5 Å². The Balaban J connectivity index is 1.42. The van der Waals surface area contributed by atoms with Gasteiger partial charge in [-0.2, -0.15) is 0 Å². The lowest BCUT2D eigenvalue weighted by Gasteiger charge is -2.38. The number of piperazine rings is 1. The summed E-state index contributed by atoms with van der Waals surface area (Å²) in [5.41, 5.74) is 1.66. The van der Waals surface area contributed by atoms with E-state index in [0.717, 1.165) is 0 Å². The number of nitrogens with zero attached hydrogens (tertiary/aromatic N) is 3. The molecule has 0 radical (unpaired) electrons. The number of carbonyl (C=O) groups is 3. The summed E-state index contributed by atoms with van der Waals surface area (Å²) in [4.78, 5) is 41.9. The van der Waals surface area contributed by atoms with Crippen LogP contribution in [0.15, 0.2) is 48.5 Å². The Morgan fingerprint density at radius 2 is 1.67 bits per heavy atom. The van der Waals surface area contributed by atoms with Gasteiger partial charge in [0.15, 0.2) is 0 Å². The highest BCUT2D eigenvalue weighted by Gasteiger charge is 2.43. The summed E-state index contributed by atoms with van der Waals surface area (Å²) in [6, 6.07) is 12.8. The van der Waals surface area contributed by atoms with Gasteiger partial charge in [0.25, 0.3) is 5.91 Å². The van der Waals surface area contributed by atoms with Crippen LogP contribution in [0.1, 0.15) is 13.3 Å². The van der Waals surface area contributed by atoms with Crippen LogP contribution in [0, 0.1) is 5.82 Å². The van der Waals surface area contributed by atoms with Crippen LogP contribution in [0.3, 0.4) is 0 Å². The van der Waals surface area contributed by atoms with Gasteiger partial charge in [-0.25, -0.2) is 9.29 Å². The summed E-state index contributed by atoms with van der Waals surface area (Å²) >= 11 is 0. The first kappa shape index (κ1) is 20.0. The second kappa shape index (κ2) is 8.23. The zero-order valence-electron chi connectivity index (χ0n) is 16.7. The molecule has 7 nitrogen and oxygen atoms in total. The van der Waals surface area contributed by atoms with Gasteiger partial charge >= 0.3 is 0 Å². The van der Waals surface area contributed by atoms with Gasteiger partial charge in [0, 0.05) is 38.8 Å². The van der Waals surface area contributed by atoms with Crippen molar-refractivity contribution in [2.45, 2.75) is 19.4 Å². The number of halogens is 1. The standard InChI is InChI=1S/C22H23FN4O3/c1-15(28)24-16-6-8-17(9-7-16)27-21(29)14-20(22(27)30)26-12-10-25(11-13-26)19-5-3-2-4-18(19)23/h2-9,20H,10-14H2,1H3,(H,24,28)/t20-/m1/s1. The first-order valence-electron chi connectivity index (χ1n) is 9.92. The van der Waals surface area contributed by atoms with Gasteiger partial charge in [-0.1, -0.05) is 12.1 Å². The monoisotopic (exact) mass is 410 g/mol. The maximum atomic E-state index is 14.0. The molecule has 0 unspecified atom stereocenters. The first-order chi connectivity index (χ1) is 14.4. The second-order valence-corrected chi connectivity index (χ2v) is 7.49. The highest BCUT2D eigenvalue weighted by atomic mass is 19.1. The normalized spacial score (nSPS) is 20.0. The Hall–Kier alpha value is -3.26. The van der Waals surface area contributed by atoms with Gasteiger partial charge in [-0.3, -0.25) is 19.3 Å². The number of imide groups is 1. The average molecular weight is 410 g/mol. The predicted octanol–water partition coefficient (Wildman–Crippen LogP) is 2.24. The van der Waals surface area contributed by atoms with Crippen LogP contribution in [-0.4, -0.2) is 54.8 Å². The summed E-state index contributed by atoms with van der Waals surface area (Å²) in [5.74, 6) is -0.932. The van der Waals surface area contributed by atoms with E-state index in [1.807, 2.05) is 9.80 Å². The number of rotatable bonds is 4. The van der Waals surface area contributed by atoms with Gasteiger partial charge in [-0.05, 0) is 36.4 Å². The maximum absolute atomic E-state index is 14.0. The van der Waals surface area contributed by atoms with E-state index in [0.29, 0.717) is 43.2 Å².